The molecule has 1 saturated heterocycles. The van der Waals surface area contributed by atoms with Crippen LogP contribution in [0, 0.1) is 0 Å². The maximum absolute atomic E-state index is 12.5. The third kappa shape index (κ3) is 4.27. The standard InChI is InChI=1S/C24H29N3O3/c1-3-4-12-26-17-18(15-23(26)28)24-25-21-10-5-6-11-22(21)27(24)13-14-30-20-9-7-8-19(16-20)29-2/h5-11,16,18H,3-4,12-15,17H2,1-2H3/t18-/m1/s1. The summed E-state index contributed by atoms with van der Waals surface area (Å²) in [7, 11) is 1.65. The molecule has 4 rings (SSSR count). The Hall–Kier alpha value is -3.02. The molecule has 1 amide bonds. The molecule has 1 aliphatic heterocycles. The Morgan fingerprint density at radius 2 is 1.93 bits per heavy atom. The number of para-hydroxylation sites is 2. The Balaban J connectivity index is 1.53. The van der Waals surface area contributed by atoms with Crippen LogP contribution in [0.1, 0.15) is 37.9 Å². The lowest BCUT2D eigenvalue weighted by Gasteiger charge is -2.17. The smallest absolute Gasteiger partial charge is 0.223 e. The topological polar surface area (TPSA) is 56.6 Å². The van der Waals surface area contributed by atoms with Crippen LogP contribution < -0.4 is 9.47 Å². The molecular formula is C24H29N3O3. The van der Waals surface area contributed by atoms with Crippen molar-refractivity contribution in [1.82, 2.24) is 14.5 Å². The molecule has 0 N–H and O–H groups in total. The Labute approximate surface area is 177 Å². The van der Waals surface area contributed by atoms with Gasteiger partial charge in [0, 0.05) is 31.5 Å². The molecular weight excluding hydrogens is 378 g/mol. The molecule has 30 heavy (non-hydrogen) atoms. The average Bonchev–Trinajstić information content (AvgIpc) is 3.33. The highest BCUT2D eigenvalue weighted by atomic mass is 16.5. The fraction of sp³-hybridized carbons (Fsp3) is 0.417. The van der Waals surface area contributed by atoms with Gasteiger partial charge >= 0.3 is 0 Å². The Bertz CT molecular complexity index is 1010. The van der Waals surface area contributed by atoms with Gasteiger partial charge in [-0.1, -0.05) is 31.5 Å². The number of carbonyl (C=O) groups excluding carboxylic acids is 1. The number of imidazole rings is 1. The maximum atomic E-state index is 12.5. The number of aromatic nitrogens is 2. The van der Waals surface area contributed by atoms with Crippen LogP contribution >= 0.6 is 0 Å². The summed E-state index contributed by atoms with van der Waals surface area (Å²) in [5, 5.41) is 0. The van der Waals surface area contributed by atoms with Gasteiger partial charge in [0.05, 0.1) is 24.7 Å². The minimum Gasteiger partial charge on any atom is -0.497 e. The van der Waals surface area contributed by atoms with E-state index in [-0.39, 0.29) is 11.8 Å². The van der Waals surface area contributed by atoms with Crippen molar-refractivity contribution in [3.63, 3.8) is 0 Å². The number of unbranched alkanes of at least 4 members (excludes halogenated alkanes) is 1. The molecule has 0 spiro atoms. The zero-order valence-corrected chi connectivity index (χ0v) is 17.7. The number of amides is 1. The largest absolute Gasteiger partial charge is 0.497 e. The van der Waals surface area contributed by atoms with E-state index < -0.39 is 0 Å². The van der Waals surface area contributed by atoms with Crippen molar-refractivity contribution in [2.75, 3.05) is 26.8 Å². The summed E-state index contributed by atoms with van der Waals surface area (Å²) < 4.78 is 13.5. The third-order valence-corrected chi connectivity index (χ3v) is 5.67. The van der Waals surface area contributed by atoms with E-state index in [1.54, 1.807) is 7.11 Å². The molecule has 1 aliphatic rings. The number of hydrogen-bond donors (Lipinski definition) is 0. The summed E-state index contributed by atoms with van der Waals surface area (Å²) >= 11 is 0. The molecule has 6 nitrogen and oxygen atoms in total. The molecule has 3 aromatic rings. The summed E-state index contributed by atoms with van der Waals surface area (Å²) in [6, 6.07) is 15.8. The molecule has 0 radical (unpaired) electrons. The maximum Gasteiger partial charge on any atom is 0.223 e. The van der Waals surface area contributed by atoms with E-state index in [1.807, 2.05) is 47.4 Å². The molecule has 2 heterocycles. The van der Waals surface area contributed by atoms with Crippen LogP contribution in [-0.4, -0.2) is 47.2 Å². The van der Waals surface area contributed by atoms with Crippen LogP contribution in [0.2, 0.25) is 0 Å². The monoisotopic (exact) mass is 407 g/mol. The SMILES string of the molecule is CCCCN1C[C@H](c2nc3ccccc3n2CCOc2cccc(OC)c2)CC1=O. The molecule has 0 aliphatic carbocycles. The zero-order chi connectivity index (χ0) is 20.9. The fourth-order valence-corrected chi connectivity index (χ4v) is 4.10. The van der Waals surface area contributed by atoms with Gasteiger partial charge in [-0.15, -0.1) is 0 Å². The predicted molar refractivity (Wildman–Crippen MR) is 117 cm³/mol. The van der Waals surface area contributed by atoms with Crippen LogP contribution in [0.15, 0.2) is 48.5 Å². The average molecular weight is 408 g/mol. The van der Waals surface area contributed by atoms with Crippen LogP contribution in [0.5, 0.6) is 11.5 Å². The summed E-state index contributed by atoms with van der Waals surface area (Å²) in [5.74, 6) is 2.90. The van der Waals surface area contributed by atoms with E-state index in [1.165, 1.54) is 0 Å². The lowest BCUT2D eigenvalue weighted by Crippen LogP contribution is -2.26. The second-order valence-corrected chi connectivity index (χ2v) is 7.73. The molecule has 158 valence electrons. The van der Waals surface area contributed by atoms with Crippen LogP contribution in [-0.2, 0) is 11.3 Å². The summed E-state index contributed by atoms with van der Waals surface area (Å²) in [6.07, 6.45) is 2.67. The van der Waals surface area contributed by atoms with Crippen molar-refractivity contribution in [2.24, 2.45) is 0 Å². The highest BCUT2D eigenvalue weighted by Gasteiger charge is 2.33. The first-order valence-electron chi connectivity index (χ1n) is 10.7. The van der Waals surface area contributed by atoms with Crippen molar-refractivity contribution in [3.05, 3.63) is 54.4 Å². The van der Waals surface area contributed by atoms with Gasteiger partial charge in [-0.25, -0.2) is 4.98 Å². The fourth-order valence-electron chi connectivity index (χ4n) is 4.10. The van der Waals surface area contributed by atoms with E-state index in [0.29, 0.717) is 19.6 Å². The molecule has 1 aromatic heterocycles. The van der Waals surface area contributed by atoms with Crippen LogP contribution in [0.25, 0.3) is 11.0 Å². The van der Waals surface area contributed by atoms with Gasteiger partial charge in [-0.2, -0.15) is 0 Å². The summed E-state index contributed by atoms with van der Waals surface area (Å²) in [5.41, 5.74) is 2.05. The number of carbonyl (C=O) groups is 1. The van der Waals surface area contributed by atoms with E-state index in [2.05, 4.69) is 17.6 Å². The first-order valence-corrected chi connectivity index (χ1v) is 10.7. The third-order valence-electron chi connectivity index (χ3n) is 5.67. The number of nitrogens with zero attached hydrogens (tertiary/aromatic N) is 3. The second-order valence-electron chi connectivity index (χ2n) is 7.73. The highest BCUT2D eigenvalue weighted by Crippen LogP contribution is 2.30. The molecule has 6 heteroatoms. The molecule has 2 aromatic carbocycles. The van der Waals surface area contributed by atoms with E-state index >= 15 is 0 Å². The summed E-state index contributed by atoms with van der Waals surface area (Å²) in [4.78, 5) is 19.4. The minimum atomic E-state index is 0.124. The van der Waals surface area contributed by atoms with Crippen molar-refractivity contribution < 1.29 is 14.3 Å². The first-order chi connectivity index (χ1) is 14.7. The van der Waals surface area contributed by atoms with Gasteiger partial charge in [0.2, 0.25) is 5.91 Å². The van der Waals surface area contributed by atoms with Gasteiger partial charge in [0.1, 0.15) is 23.9 Å². The van der Waals surface area contributed by atoms with Gasteiger partial charge in [0.15, 0.2) is 0 Å². The molecule has 0 saturated carbocycles. The van der Waals surface area contributed by atoms with E-state index in [9.17, 15) is 4.79 Å². The Morgan fingerprint density at radius 3 is 2.77 bits per heavy atom. The van der Waals surface area contributed by atoms with Gasteiger partial charge < -0.3 is 18.9 Å². The Morgan fingerprint density at radius 1 is 1.10 bits per heavy atom. The number of methoxy groups -OCH3 is 1. The first kappa shape index (κ1) is 20.3. The lowest BCUT2D eigenvalue weighted by atomic mass is 10.1. The van der Waals surface area contributed by atoms with Crippen LogP contribution in [0.3, 0.4) is 0 Å². The normalized spacial score (nSPS) is 16.4. The van der Waals surface area contributed by atoms with E-state index in [0.717, 1.165) is 54.3 Å². The van der Waals surface area contributed by atoms with Gasteiger partial charge in [0.25, 0.3) is 0 Å². The van der Waals surface area contributed by atoms with Crippen molar-refractivity contribution in [1.29, 1.82) is 0 Å². The van der Waals surface area contributed by atoms with Crippen LogP contribution in [0.4, 0.5) is 0 Å². The minimum absolute atomic E-state index is 0.124. The van der Waals surface area contributed by atoms with Crippen molar-refractivity contribution in [2.45, 2.75) is 38.6 Å². The molecule has 0 bridgehead atoms. The number of benzene rings is 2. The number of fused-ring (bicyclic) bond motifs is 1. The highest BCUT2D eigenvalue weighted by molar-refractivity contribution is 5.80. The van der Waals surface area contributed by atoms with Crippen molar-refractivity contribution >= 4 is 16.9 Å². The Kier molecular flexibility index (Phi) is 6.21. The van der Waals surface area contributed by atoms with E-state index in [4.69, 9.17) is 14.5 Å². The number of ether oxygens (including phenoxy) is 2. The quantitative estimate of drug-likeness (QED) is 0.532. The van der Waals surface area contributed by atoms with Crippen molar-refractivity contribution in [3.8, 4) is 11.5 Å². The van der Waals surface area contributed by atoms with Gasteiger partial charge in [-0.05, 0) is 30.7 Å². The number of hydrogen-bond acceptors (Lipinski definition) is 4. The second kappa shape index (κ2) is 9.20. The predicted octanol–water partition coefficient (Wildman–Crippen LogP) is 4.24. The molecule has 0 unspecified atom stereocenters. The molecule has 1 atom stereocenters. The van der Waals surface area contributed by atoms with Gasteiger partial charge in [-0.3, -0.25) is 4.79 Å². The lowest BCUT2D eigenvalue weighted by molar-refractivity contribution is -0.127. The zero-order valence-electron chi connectivity index (χ0n) is 17.7. The molecule has 1 fully saturated rings. The number of likely N-dealkylation sites (tertiary alicyclic amines) is 1. The number of rotatable bonds is 9. The summed E-state index contributed by atoms with van der Waals surface area (Å²) in [6.45, 7) is 4.93.